The van der Waals surface area contributed by atoms with E-state index >= 15 is 0 Å². The fourth-order valence-electron chi connectivity index (χ4n) is 1.02. The molecular weight excluding hydrogens is 182 g/mol. The summed E-state index contributed by atoms with van der Waals surface area (Å²) in [4.78, 5) is 7.54. The van der Waals surface area contributed by atoms with Gasteiger partial charge in [0.05, 0.1) is 5.75 Å². The van der Waals surface area contributed by atoms with Gasteiger partial charge < -0.3 is 10.3 Å². The molecule has 0 amide bonds. The van der Waals surface area contributed by atoms with Crippen molar-refractivity contribution in [1.29, 1.82) is 0 Å². The quantitative estimate of drug-likeness (QED) is 0.759. The zero-order valence-corrected chi connectivity index (χ0v) is 9.24. The molecule has 0 aliphatic carbocycles. The van der Waals surface area contributed by atoms with E-state index in [2.05, 4.69) is 35.4 Å². The van der Waals surface area contributed by atoms with Gasteiger partial charge in [-0.05, 0) is 6.26 Å². The number of hydrogen-bond acceptors (Lipinski definition) is 3. The zero-order chi connectivity index (χ0) is 9.68. The van der Waals surface area contributed by atoms with E-state index in [0.29, 0.717) is 6.04 Å². The van der Waals surface area contributed by atoms with Crippen LogP contribution in [-0.4, -0.2) is 22.3 Å². The van der Waals surface area contributed by atoms with E-state index in [1.807, 2.05) is 6.20 Å². The lowest BCUT2D eigenvalue weighted by Crippen LogP contribution is -2.21. The molecule has 1 heterocycles. The van der Waals surface area contributed by atoms with Gasteiger partial charge in [-0.2, -0.15) is 11.8 Å². The third-order valence-electron chi connectivity index (χ3n) is 1.66. The van der Waals surface area contributed by atoms with E-state index in [0.717, 1.165) is 23.8 Å². The Morgan fingerprint density at radius 1 is 1.62 bits per heavy atom. The molecule has 0 saturated heterocycles. The lowest BCUT2D eigenvalue weighted by atomic mass is 10.4. The number of aromatic nitrogens is 2. The molecule has 0 bridgehead atoms. The minimum absolute atomic E-state index is 0.521. The van der Waals surface area contributed by atoms with E-state index in [1.165, 1.54) is 0 Å². The van der Waals surface area contributed by atoms with E-state index in [9.17, 15) is 0 Å². The topological polar surface area (TPSA) is 40.7 Å². The maximum absolute atomic E-state index is 4.27. The van der Waals surface area contributed by atoms with Crippen LogP contribution in [0.2, 0.25) is 0 Å². The number of rotatable bonds is 5. The second kappa shape index (κ2) is 5.29. The van der Waals surface area contributed by atoms with Crippen molar-refractivity contribution >= 4 is 11.8 Å². The second-order valence-electron chi connectivity index (χ2n) is 3.32. The number of thioether (sulfide) groups is 1. The van der Waals surface area contributed by atoms with Crippen LogP contribution in [0.4, 0.5) is 0 Å². The number of H-pyrrole nitrogens is 1. The number of imidazole rings is 1. The van der Waals surface area contributed by atoms with Crippen molar-refractivity contribution in [2.75, 3.05) is 6.26 Å². The summed E-state index contributed by atoms with van der Waals surface area (Å²) in [6.07, 6.45) is 3.98. The van der Waals surface area contributed by atoms with Crippen LogP contribution in [0, 0.1) is 0 Å². The molecule has 0 radical (unpaired) electrons. The Morgan fingerprint density at radius 3 is 3.00 bits per heavy atom. The van der Waals surface area contributed by atoms with Crippen LogP contribution in [-0.2, 0) is 12.3 Å². The van der Waals surface area contributed by atoms with E-state index < -0.39 is 0 Å². The van der Waals surface area contributed by atoms with Crippen molar-refractivity contribution in [3.05, 3.63) is 17.7 Å². The van der Waals surface area contributed by atoms with Gasteiger partial charge in [-0.3, -0.25) is 0 Å². The van der Waals surface area contributed by atoms with Crippen LogP contribution in [0.5, 0.6) is 0 Å². The lowest BCUT2D eigenvalue weighted by Gasteiger charge is -2.05. The average molecular weight is 199 g/mol. The third kappa shape index (κ3) is 3.83. The highest BCUT2D eigenvalue weighted by Gasteiger charge is 1.99. The van der Waals surface area contributed by atoms with Gasteiger partial charge in [-0.25, -0.2) is 4.98 Å². The summed E-state index contributed by atoms with van der Waals surface area (Å²) in [5, 5.41) is 3.34. The first-order valence-electron chi connectivity index (χ1n) is 4.47. The summed E-state index contributed by atoms with van der Waals surface area (Å²) in [5.74, 6) is 2.02. The highest BCUT2D eigenvalue weighted by Crippen LogP contribution is 2.05. The standard InChI is InChI=1S/C9H17N3S/c1-7(2)10-4-8-5-11-9(12-8)6-13-3/h5,7,10H,4,6H2,1-3H3,(H,11,12). The van der Waals surface area contributed by atoms with Crippen LogP contribution in [0.15, 0.2) is 6.20 Å². The zero-order valence-electron chi connectivity index (χ0n) is 8.42. The van der Waals surface area contributed by atoms with Crippen molar-refractivity contribution in [3.8, 4) is 0 Å². The van der Waals surface area contributed by atoms with Gasteiger partial charge in [0.2, 0.25) is 0 Å². The first-order chi connectivity index (χ1) is 6.22. The first kappa shape index (κ1) is 10.6. The SMILES string of the molecule is CSCc1ncc(CNC(C)C)[nH]1. The average Bonchev–Trinajstić information content (AvgIpc) is 2.50. The molecule has 0 spiro atoms. The molecule has 4 heteroatoms. The van der Waals surface area contributed by atoms with Gasteiger partial charge in [0.25, 0.3) is 0 Å². The molecule has 2 N–H and O–H groups in total. The predicted molar refractivity (Wildman–Crippen MR) is 57.8 cm³/mol. The van der Waals surface area contributed by atoms with E-state index in [4.69, 9.17) is 0 Å². The molecule has 3 nitrogen and oxygen atoms in total. The van der Waals surface area contributed by atoms with Crippen LogP contribution in [0.1, 0.15) is 25.4 Å². The van der Waals surface area contributed by atoms with E-state index in [-0.39, 0.29) is 0 Å². The molecule has 1 rings (SSSR count). The maximum Gasteiger partial charge on any atom is 0.116 e. The Morgan fingerprint density at radius 2 is 2.38 bits per heavy atom. The highest BCUT2D eigenvalue weighted by molar-refractivity contribution is 7.97. The van der Waals surface area contributed by atoms with Crippen molar-refractivity contribution in [2.24, 2.45) is 0 Å². The van der Waals surface area contributed by atoms with Gasteiger partial charge in [0.1, 0.15) is 5.82 Å². The summed E-state index contributed by atoms with van der Waals surface area (Å²) in [6.45, 7) is 5.15. The molecule has 1 aromatic heterocycles. The molecule has 0 atom stereocenters. The fraction of sp³-hybridized carbons (Fsp3) is 0.667. The van der Waals surface area contributed by atoms with Crippen LogP contribution in [0.25, 0.3) is 0 Å². The van der Waals surface area contributed by atoms with Gasteiger partial charge in [-0.15, -0.1) is 0 Å². The number of nitrogens with zero attached hydrogens (tertiary/aromatic N) is 1. The molecule has 0 aliphatic rings. The van der Waals surface area contributed by atoms with Crippen molar-refractivity contribution in [2.45, 2.75) is 32.2 Å². The van der Waals surface area contributed by atoms with Crippen molar-refractivity contribution in [3.63, 3.8) is 0 Å². The number of nitrogens with one attached hydrogen (secondary N) is 2. The van der Waals surface area contributed by atoms with Gasteiger partial charge in [0.15, 0.2) is 0 Å². The number of hydrogen-bond donors (Lipinski definition) is 2. The summed E-state index contributed by atoms with van der Waals surface area (Å²) >= 11 is 1.78. The smallest absolute Gasteiger partial charge is 0.116 e. The van der Waals surface area contributed by atoms with Crippen LogP contribution < -0.4 is 5.32 Å². The molecule has 74 valence electrons. The molecule has 0 unspecified atom stereocenters. The lowest BCUT2D eigenvalue weighted by molar-refractivity contribution is 0.582. The highest BCUT2D eigenvalue weighted by atomic mass is 32.2. The Bertz CT molecular complexity index is 245. The molecule has 0 aromatic carbocycles. The van der Waals surface area contributed by atoms with Gasteiger partial charge >= 0.3 is 0 Å². The molecular formula is C9H17N3S. The molecule has 0 aliphatic heterocycles. The van der Waals surface area contributed by atoms with Gasteiger partial charge in [0, 0.05) is 24.5 Å². The molecule has 0 saturated carbocycles. The first-order valence-corrected chi connectivity index (χ1v) is 5.87. The second-order valence-corrected chi connectivity index (χ2v) is 4.19. The molecule has 13 heavy (non-hydrogen) atoms. The maximum atomic E-state index is 4.27. The van der Waals surface area contributed by atoms with Crippen molar-refractivity contribution in [1.82, 2.24) is 15.3 Å². The molecule has 0 fully saturated rings. The fourth-order valence-corrected chi connectivity index (χ4v) is 1.44. The van der Waals surface area contributed by atoms with Crippen LogP contribution >= 0.6 is 11.8 Å². The normalized spacial score (nSPS) is 11.1. The Hall–Kier alpha value is -0.480. The summed E-state index contributed by atoms with van der Waals surface area (Å²) < 4.78 is 0. The Kier molecular flexibility index (Phi) is 4.32. The third-order valence-corrected chi connectivity index (χ3v) is 2.22. The minimum Gasteiger partial charge on any atom is -0.344 e. The summed E-state index contributed by atoms with van der Waals surface area (Å²) in [7, 11) is 0. The van der Waals surface area contributed by atoms with Crippen LogP contribution in [0.3, 0.4) is 0 Å². The predicted octanol–water partition coefficient (Wildman–Crippen LogP) is 1.77. The Balaban J connectivity index is 2.39. The van der Waals surface area contributed by atoms with Gasteiger partial charge in [-0.1, -0.05) is 13.8 Å². The monoisotopic (exact) mass is 199 g/mol. The van der Waals surface area contributed by atoms with E-state index in [1.54, 1.807) is 11.8 Å². The summed E-state index contributed by atoms with van der Waals surface area (Å²) in [5.41, 5.74) is 1.16. The minimum atomic E-state index is 0.521. The van der Waals surface area contributed by atoms with Crippen molar-refractivity contribution < 1.29 is 0 Å². The largest absolute Gasteiger partial charge is 0.344 e. The Labute approximate surface area is 83.7 Å². The molecule has 1 aromatic rings. The summed E-state index contributed by atoms with van der Waals surface area (Å²) in [6, 6.07) is 0.521. The number of aromatic amines is 1.